The minimum Gasteiger partial charge on any atom is -0.481 e. The van der Waals surface area contributed by atoms with Gasteiger partial charge in [-0.05, 0) is 89.4 Å². The fourth-order valence-electron chi connectivity index (χ4n) is 6.63. The molecule has 2 unspecified atom stereocenters. The van der Waals surface area contributed by atoms with Crippen molar-refractivity contribution in [1.29, 1.82) is 0 Å². The van der Waals surface area contributed by atoms with Crippen molar-refractivity contribution in [1.82, 2.24) is 0 Å². The number of carboxylic acids is 1. The molecule has 11 heteroatoms. The lowest BCUT2D eigenvalue weighted by atomic mass is 9.88. The van der Waals surface area contributed by atoms with Gasteiger partial charge in [-0.15, -0.1) is 0 Å². The van der Waals surface area contributed by atoms with Crippen LogP contribution in [0.15, 0.2) is 60.3 Å². The van der Waals surface area contributed by atoms with Gasteiger partial charge in [-0.2, -0.15) is 0 Å². The molecule has 0 aromatic heterocycles. The third-order valence-corrected chi connectivity index (χ3v) is 10.8. The predicted molar refractivity (Wildman–Crippen MR) is 216 cm³/mol. The Bertz CT molecular complexity index is 1210. The number of ether oxygens (including phenoxy) is 2. The molecule has 0 aromatic rings. The highest BCUT2D eigenvalue weighted by Gasteiger charge is 2.32. The average Bonchev–Trinajstić information content (AvgIpc) is 3.12. The van der Waals surface area contributed by atoms with Crippen LogP contribution in [0.25, 0.3) is 0 Å². The molecule has 0 saturated heterocycles. The summed E-state index contributed by atoms with van der Waals surface area (Å²) in [5.74, 6) is -2.80. The summed E-state index contributed by atoms with van der Waals surface area (Å²) in [7, 11) is 1.66. The smallest absolute Gasteiger partial charge is 0.308 e. The van der Waals surface area contributed by atoms with E-state index in [2.05, 4.69) is 0 Å². The number of allylic oxidation sites excluding steroid dienone is 7. The number of carbonyl (C=O) groups is 2. The van der Waals surface area contributed by atoms with E-state index in [9.17, 15) is 40.2 Å². The Kier molecular flexibility index (Phi) is 26.3. The molecule has 0 amide bonds. The molecule has 0 aromatic carbocycles. The maximum Gasteiger partial charge on any atom is 0.308 e. The summed E-state index contributed by atoms with van der Waals surface area (Å²) in [6.07, 6.45) is 17.0. The Labute approximate surface area is 330 Å². The van der Waals surface area contributed by atoms with Crippen LogP contribution in [0.2, 0.25) is 0 Å². The van der Waals surface area contributed by atoms with Crippen molar-refractivity contribution >= 4 is 11.9 Å². The molecule has 1 heterocycles. The second-order valence-electron chi connectivity index (χ2n) is 15.9. The van der Waals surface area contributed by atoms with Gasteiger partial charge in [0, 0.05) is 31.8 Å². The van der Waals surface area contributed by atoms with Gasteiger partial charge in [0.15, 0.2) is 0 Å². The second-order valence-corrected chi connectivity index (χ2v) is 15.9. The van der Waals surface area contributed by atoms with E-state index in [1.807, 2.05) is 69.4 Å². The van der Waals surface area contributed by atoms with Crippen LogP contribution in [-0.2, 0) is 19.1 Å². The molecule has 1 aliphatic heterocycles. The average molecular weight is 779 g/mol. The molecule has 12 atom stereocenters. The van der Waals surface area contributed by atoms with Crippen LogP contribution in [0.1, 0.15) is 125 Å². The van der Waals surface area contributed by atoms with Gasteiger partial charge < -0.3 is 45.2 Å². The lowest BCUT2D eigenvalue weighted by molar-refractivity contribution is -0.158. The van der Waals surface area contributed by atoms with E-state index in [1.54, 1.807) is 27.0 Å². The van der Waals surface area contributed by atoms with Crippen LogP contribution in [-0.4, -0.2) is 104 Å². The van der Waals surface area contributed by atoms with E-state index >= 15 is 0 Å². The third kappa shape index (κ3) is 23.3. The SMILES string of the molecule is CO[C@@H]1C/C=C\C=C\C[C@H](C)[C@@H](O)C[C@@H](O)[C@H](C)[C@H](O)CC(=O)O[C@H]([C@H](C)[C@H](O)/C=C(\C)CC/C=C/C=C/CC(O)CC(C)CCC(=O)O)C[C@H](O)CCC1. The summed E-state index contributed by atoms with van der Waals surface area (Å²) in [5, 5.41) is 73.7. The zero-order valence-electron chi connectivity index (χ0n) is 34.3. The summed E-state index contributed by atoms with van der Waals surface area (Å²) in [4.78, 5) is 23.9. The number of aliphatic carboxylic acids is 1. The molecule has 0 fully saturated rings. The number of aliphatic hydroxyl groups excluding tert-OH is 6. The second kappa shape index (κ2) is 28.7. The lowest BCUT2D eigenvalue weighted by Gasteiger charge is -2.30. The van der Waals surface area contributed by atoms with Gasteiger partial charge in [0.2, 0.25) is 0 Å². The van der Waals surface area contributed by atoms with E-state index in [0.717, 1.165) is 12.0 Å². The number of cyclic esters (lactones) is 1. The summed E-state index contributed by atoms with van der Waals surface area (Å²) < 4.78 is 11.5. The summed E-state index contributed by atoms with van der Waals surface area (Å²) in [6.45, 7) is 9.15. The van der Waals surface area contributed by atoms with Gasteiger partial charge in [0.1, 0.15) is 6.10 Å². The third-order valence-electron chi connectivity index (χ3n) is 10.8. The van der Waals surface area contributed by atoms with Crippen LogP contribution in [0.5, 0.6) is 0 Å². The number of methoxy groups -OCH3 is 1. The number of hydrogen-bond acceptors (Lipinski definition) is 10. The van der Waals surface area contributed by atoms with Crippen LogP contribution >= 0.6 is 0 Å². The van der Waals surface area contributed by atoms with Crippen LogP contribution in [0, 0.1) is 23.7 Å². The van der Waals surface area contributed by atoms with Crippen molar-refractivity contribution in [3.63, 3.8) is 0 Å². The largest absolute Gasteiger partial charge is 0.481 e. The summed E-state index contributed by atoms with van der Waals surface area (Å²) >= 11 is 0. The van der Waals surface area contributed by atoms with Gasteiger partial charge >= 0.3 is 11.9 Å². The highest BCUT2D eigenvalue weighted by atomic mass is 16.5. The standard InChI is InChI=1S/C44H74O11/c1-30(17-12-8-7-9-14-19-35(45)25-31(2)23-24-43(51)52)26-39(48)34(5)42-27-36(46)20-16-22-37(54-6)21-15-11-10-13-18-32(3)38(47)28-40(49)33(4)41(50)29-44(53)55-42/h7-11,13-15,26,31-42,45-50H,12,16-25,27-29H2,1-6H3,(H,51,52)/b8-7+,13-10+,14-9+,15-11-,30-26+/t31?,32-,33-,34+,35?,36+,37+,38-,39+,40+,41+,42-/m0/s1. The summed E-state index contributed by atoms with van der Waals surface area (Å²) in [6, 6.07) is 0. The Morgan fingerprint density at radius 1 is 0.945 bits per heavy atom. The summed E-state index contributed by atoms with van der Waals surface area (Å²) in [5.41, 5.74) is 0.939. The first-order valence-corrected chi connectivity index (χ1v) is 20.4. The predicted octanol–water partition coefficient (Wildman–Crippen LogP) is 6.35. The van der Waals surface area contributed by atoms with Gasteiger partial charge in [-0.25, -0.2) is 0 Å². The molecule has 11 nitrogen and oxygen atoms in total. The van der Waals surface area contributed by atoms with E-state index < -0.39 is 66.5 Å². The first kappa shape index (κ1) is 50.4. The molecule has 1 aliphatic rings. The van der Waals surface area contributed by atoms with Crippen LogP contribution in [0.4, 0.5) is 0 Å². The maximum absolute atomic E-state index is 13.2. The quantitative estimate of drug-likeness (QED) is 0.0556. The minimum absolute atomic E-state index is 0.0290. The van der Waals surface area contributed by atoms with E-state index in [-0.39, 0.29) is 43.6 Å². The normalized spacial score (nSPS) is 31.1. The number of rotatable bonds is 15. The zero-order chi connectivity index (χ0) is 41.3. The number of carboxylic acid groups (broad SMARTS) is 1. The lowest BCUT2D eigenvalue weighted by Crippen LogP contribution is -2.38. The molecule has 0 saturated carbocycles. The molecular weight excluding hydrogens is 704 g/mol. The van der Waals surface area contributed by atoms with Crippen molar-refractivity contribution in [3.05, 3.63) is 60.3 Å². The highest BCUT2D eigenvalue weighted by molar-refractivity contribution is 5.70. The van der Waals surface area contributed by atoms with Gasteiger partial charge in [-0.1, -0.05) is 88.0 Å². The molecule has 0 spiro atoms. The van der Waals surface area contributed by atoms with Crippen LogP contribution < -0.4 is 0 Å². The molecule has 1 rings (SSSR count). The van der Waals surface area contributed by atoms with Gasteiger partial charge in [-0.3, -0.25) is 9.59 Å². The Morgan fingerprint density at radius 3 is 2.29 bits per heavy atom. The highest BCUT2D eigenvalue weighted by Crippen LogP contribution is 2.26. The molecule has 316 valence electrons. The zero-order valence-corrected chi connectivity index (χ0v) is 34.3. The molecule has 0 radical (unpaired) electrons. The van der Waals surface area contributed by atoms with E-state index in [0.29, 0.717) is 57.8 Å². The number of aliphatic hydroxyl groups is 6. The fourth-order valence-corrected chi connectivity index (χ4v) is 6.63. The first-order valence-electron chi connectivity index (χ1n) is 20.4. The minimum atomic E-state index is -1.22. The molecule has 0 aliphatic carbocycles. The maximum atomic E-state index is 13.2. The van der Waals surface area contributed by atoms with Crippen molar-refractivity contribution in [2.45, 2.75) is 173 Å². The number of carbonyl (C=O) groups excluding carboxylic acids is 1. The first-order chi connectivity index (χ1) is 26.0. The monoisotopic (exact) mass is 779 g/mol. The van der Waals surface area contributed by atoms with Crippen LogP contribution in [0.3, 0.4) is 0 Å². The Balaban J connectivity index is 2.93. The van der Waals surface area contributed by atoms with Crippen molar-refractivity contribution in [3.8, 4) is 0 Å². The molecule has 55 heavy (non-hydrogen) atoms. The number of esters is 1. The Morgan fingerprint density at radius 2 is 1.62 bits per heavy atom. The Hall–Kier alpha value is -2.64. The van der Waals surface area contributed by atoms with E-state index in [4.69, 9.17) is 14.6 Å². The molecule has 0 bridgehead atoms. The molecular formula is C44H74O11. The topological polar surface area (TPSA) is 194 Å². The van der Waals surface area contributed by atoms with Gasteiger partial charge in [0.05, 0.1) is 49.1 Å². The van der Waals surface area contributed by atoms with Crippen molar-refractivity contribution in [2.75, 3.05) is 7.11 Å². The van der Waals surface area contributed by atoms with Crippen molar-refractivity contribution < 1.29 is 54.8 Å². The van der Waals surface area contributed by atoms with E-state index in [1.165, 1.54) is 0 Å². The van der Waals surface area contributed by atoms with Gasteiger partial charge in [0.25, 0.3) is 0 Å². The van der Waals surface area contributed by atoms with Crippen molar-refractivity contribution in [2.24, 2.45) is 23.7 Å². The molecule has 7 N–H and O–H groups in total. The number of hydrogen-bond donors (Lipinski definition) is 7. The fraction of sp³-hybridized carbons (Fsp3) is 0.727.